The van der Waals surface area contributed by atoms with E-state index in [1.54, 1.807) is 0 Å². The molecule has 1 nitrogen and oxygen atoms in total. The molecular weight excluding hydrogens is 130 g/mol. The summed E-state index contributed by atoms with van der Waals surface area (Å²) in [7, 11) is 0. The minimum Gasteiger partial charge on any atom is -1.00 e. The van der Waals surface area contributed by atoms with Crippen molar-refractivity contribution in [3.05, 3.63) is 0 Å². The van der Waals surface area contributed by atoms with Gasteiger partial charge < -0.3 is 17.7 Å². The van der Waals surface area contributed by atoms with E-state index in [0.29, 0.717) is 5.25 Å². The third-order valence-electron chi connectivity index (χ3n) is 1.03. The van der Waals surface area contributed by atoms with Gasteiger partial charge in [-0.25, -0.2) is 0 Å². The summed E-state index contributed by atoms with van der Waals surface area (Å²) in [5, 5.41) is 3.83. The molecule has 0 saturated carbocycles. The lowest BCUT2D eigenvalue weighted by atomic mass is 10.4. The van der Waals surface area contributed by atoms with Crippen LogP contribution < -0.4 is 17.7 Å². The third kappa shape index (κ3) is 2.42. The van der Waals surface area contributed by atoms with Crippen LogP contribution in [-0.2, 0) is 0 Å². The molecule has 7 heavy (non-hydrogen) atoms. The van der Waals surface area contributed by atoms with Crippen LogP contribution in [0.1, 0.15) is 6.42 Å². The number of thiol groups is 1. The van der Waals surface area contributed by atoms with Crippen LogP contribution in [0.5, 0.6) is 0 Å². The van der Waals surface area contributed by atoms with Crippen molar-refractivity contribution < 1.29 is 12.4 Å². The van der Waals surface area contributed by atoms with Gasteiger partial charge in [0.1, 0.15) is 0 Å². The van der Waals surface area contributed by atoms with E-state index in [-0.39, 0.29) is 12.4 Å². The third-order valence-corrected chi connectivity index (χ3v) is 1.48. The first-order valence-electron chi connectivity index (χ1n) is 2.28. The van der Waals surface area contributed by atoms with Crippen molar-refractivity contribution in [1.82, 2.24) is 5.32 Å². The van der Waals surface area contributed by atoms with Gasteiger partial charge in [0.2, 0.25) is 0 Å². The Labute approximate surface area is 55.7 Å². The molecular formula is C4H9ClNS-. The van der Waals surface area contributed by atoms with E-state index in [2.05, 4.69) is 17.9 Å². The van der Waals surface area contributed by atoms with E-state index < -0.39 is 0 Å². The molecule has 0 radical (unpaired) electrons. The standard InChI is InChI=1S/C4H9NS.ClH/c6-4-1-2-5-3-4;/h4-6H,1-3H2;1H/p-1. The summed E-state index contributed by atoms with van der Waals surface area (Å²) >= 11 is 4.23. The number of rotatable bonds is 0. The molecule has 0 aliphatic carbocycles. The molecule has 1 rings (SSSR count). The molecule has 1 atom stereocenters. The summed E-state index contributed by atoms with van der Waals surface area (Å²) in [5.41, 5.74) is 0. The van der Waals surface area contributed by atoms with Crippen molar-refractivity contribution in [3.8, 4) is 0 Å². The lowest BCUT2D eigenvalue weighted by molar-refractivity contribution is -0.00000119. The van der Waals surface area contributed by atoms with Gasteiger partial charge >= 0.3 is 0 Å². The van der Waals surface area contributed by atoms with Crippen LogP contribution in [0.25, 0.3) is 0 Å². The summed E-state index contributed by atoms with van der Waals surface area (Å²) < 4.78 is 0. The molecule has 1 aliphatic heterocycles. The van der Waals surface area contributed by atoms with Crippen molar-refractivity contribution in [2.45, 2.75) is 11.7 Å². The first-order valence-corrected chi connectivity index (χ1v) is 2.80. The SMILES string of the molecule is SC1CCNC1.[Cl-]. The van der Waals surface area contributed by atoms with Gasteiger partial charge in [-0.3, -0.25) is 0 Å². The van der Waals surface area contributed by atoms with E-state index in [9.17, 15) is 0 Å². The van der Waals surface area contributed by atoms with Crippen molar-refractivity contribution in [1.29, 1.82) is 0 Å². The van der Waals surface area contributed by atoms with Crippen LogP contribution in [0.3, 0.4) is 0 Å². The summed E-state index contributed by atoms with van der Waals surface area (Å²) in [4.78, 5) is 0. The van der Waals surface area contributed by atoms with E-state index >= 15 is 0 Å². The highest BCUT2D eigenvalue weighted by Gasteiger charge is 2.07. The fraction of sp³-hybridized carbons (Fsp3) is 1.00. The zero-order chi connectivity index (χ0) is 4.41. The topological polar surface area (TPSA) is 12.0 Å². The molecule has 1 heterocycles. The molecule has 0 bridgehead atoms. The molecule has 1 aliphatic rings. The van der Waals surface area contributed by atoms with Crippen LogP contribution in [0.4, 0.5) is 0 Å². The monoisotopic (exact) mass is 138 g/mol. The lowest BCUT2D eigenvalue weighted by Crippen LogP contribution is -3.00. The Morgan fingerprint density at radius 2 is 2.29 bits per heavy atom. The molecule has 3 heteroatoms. The number of nitrogens with one attached hydrogen (secondary N) is 1. The second-order valence-electron chi connectivity index (χ2n) is 1.65. The van der Waals surface area contributed by atoms with Crippen LogP contribution in [0.15, 0.2) is 0 Å². The molecule has 0 spiro atoms. The minimum absolute atomic E-state index is 0. The summed E-state index contributed by atoms with van der Waals surface area (Å²) in [6.07, 6.45) is 1.24. The molecule has 1 unspecified atom stereocenters. The summed E-state index contributed by atoms with van der Waals surface area (Å²) in [6, 6.07) is 0. The largest absolute Gasteiger partial charge is 1.00 e. The molecule has 0 aromatic heterocycles. The molecule has 0 aromatic rings. The van der Waals surface area contributed by atoms with E-state index in [1.807, 2.05) is 0 Å². The highest BCUT2D eigenvalue weighted by Crippen LogP contribution is 2.02. The number of halogens is 1. The zero-order valence-electron chi connectivity index (χ0n) is 4.02. The van der Waals surface area contributed by atoms with Gasteiger partial charge in [0.15, 0.2) is 0 Å². The van der Waals surface area contributed by atoms with Gasteiger partial charge in [0.05, 0.1) is 0 Å². The van der Waals surface area contributed by atoms with Gasteiger partial charge in [-0.2, -0.15) is 12.6 Å². The molecule has 0 amide bonds. The first-order chi connectivity index (χ1) is 2.89. The molecule has 44 valence electrons. The Bertz CT molecular complexity index is 45.0. The fourth-order valence-electron chi connectivity index (χ4n) is 0.639. The van der Waals surface area contributed by atoms with Gasteiger partial charge in [-0.1, -0.05) is 0 Å². The predicted octanol–water partition coefficient (Wildman–Crippen LogP) is -2.72. The van der Waals surface area contributed by atoms with Crippen LogP contribution in [0.2, 0.25) is 0 Å². The molecule has 1 saturated heterocycles. The Kier molecular flexibility index (Phi) is 3.89. The minimum atomic E-state index is 0. The van der Waals surface area contributed by atoms with Gasteiger partial charge in [-0.05, 0) is 13.0 Å². The molecule has 1 fully saturated rings. The first kappa shape index (κ1) is 7.60. The highest BCUT2D eigenvalue weighted by molar-refractivity contribution is 7.81. The molecule has 0 aromatic carbocycles. The Balaban J connectivity index is 0.000000360. The number of hydrogen-bond donors (Lipinski definition) is 2. The van der Waals surface area contributed by atoms with E-state index in [1.165, 1.54) is 6.42 Å². The normalized spacial score (nSPS) is 29.6. The van der Waals surface area contributed by atoms with Crippen molar-refractivity contribution in [2.24, 2.45) is 0 Å². The smallest absolute Gasteiger partial charge is 0.0154 e. The predicted molar refractivity (Wildman–Crippen MR) is 30.3 cm³/mol. The second-order valence-corrected chi connectivity index (χ2v) is 2.38. The fourth-order valence-corrected chi connectivity index (χ4v) is 0.898. The summed E-state index contributed by atoms with van der Waals surface area (Å²) in [5.74, 6) is 0. The zero-order valence-corrected chi connectivity index (χ0v) is 5.67. The van der Waals surface area contributed by atoms with Crippen molar-refractivity contribution in [3.63, 3.8) is 0 Å². The Hall–Kier alpha value is 0.600. The maximum atomic E-state index is 4.23. The van der Waals surface area contributed by atoms with Gasteiger partial charge in [0.25, 0.3) is 0 Å². The number of hydrogen-bond acceptors (Lipinski definition) is 2. The lowest BCUT2D eigenvalue weighted by Gasteiger charge is -1.89. The molecule has 1 N–H and O–H groups in total. The Morgan fingerprint density at radius 3 is 2.43 bits per heavy atom. The quantitative estimate of drug-likeness (QED) is 0.347. The van der Waals surface area contributed by atoms with Crippen molar-refractivity contribution in [2.75, 3.05) is 13.1 Å². The van der Waals surface area contributed by atoms with Crippen molar-refractivity contribution >= 4 is 12.6 Å². The van der Waals surface area contributed by atoms with Crippen LogP contribution in [0, 0.1) is 0 Å². The average molecular weight is 139 g/mol. The maximum Gasteiger partial charge on any atom is 0.0154 e. The van der Waals surface area contributed by atoms with Gasteiger partial charge in [-0.15, -0.1) is 0 Å². The summed E-state index contributed by atoms with van der Waals surface area (Å²) in [6.45, 7) is 2.26. The average Bonchev–Trinajstić information content (AvgIpc) is 1.86. The van der Waals surface area contributed by atoms with E-state index in [0.717, 1.165) is 13.1 Å². The Morgan fingerprint density at radius 1 is 1.57 bits per heavy atom. The van der Waals surface area contributed by atoms with Crippen LogP contribution >= 0.6 is 12.6 Å². The van der Waals surface area contributed by atoms with Crippen LogP contribution in [-0.4, -0.2) is 18.3 Å². The highest BCUT2D eigenvalue weighted by atomic mass is 35.5. The van der Waals surface area contributed by atoms with E-state index in [4.69, 9.17) is 0 Å². The maximum absolute atomic E-state index is 4.23. The van der Waals surface area contributed by atoms with Gasteiger partial charge in [0, 0.05) is 11.8 Å². The second kappa shape index (κ2) is 3.58.